The summed E-state index contributed by atoms with van der Waals surface area (Å²) in [6.07, 6.45) is 3.16. The maximum absolute atomic E-state index is 12.7. The van der Waals surface area contributed by atoms with Crippen molar-refractivity contribution in [3.8, 4) is 5.75 Å². The molecular formula is C24H30O5. The first-order valence-electron chi connectivity index (χ1n) is 9.80. The lowest BCUT2D eigenvalue weighted by Crippen LogP contribution is -2.38. The van der Waals surface area contributed by atoms with Gasteiger partial charge in [0, 0.05) is 12.0 Å². The lowest BCUT2D eigenvalue weighted by molar-refractivity contribution is -0.157. The molecule has 1 N–H and O–H groups in total. The number of hydrogen-bond donors (Lipinski definition) is 1. The van der Waals surface area contributed by atoms with Crippen molar-refractivity contribution in [2.75, 3.05) is 7.11 Å². The fraction of sp³-hybridized carbons (Fsp3) is 0.417. The quantitative estimate of drug-likeness (QED) is 0.669. The van der Waals surface area contributed by atoms with Gasteiger partial charge in [-0.3, -0.25) is 4.79 Å². The summed E-state index contributed by atoms with van der Waals surface area (Å²) in [6.45, 7) is 9.31. The summed E-state index contributed by atoms with van der Waals surface area (Å²) in [5.41, 5.74) is 2.76. The summed E-state index contributed by atoms with van der Waals surface area (Å²) in [6, 6.07) is 7.41. The van der Waals surface area contributed by atoms with Crippen molar-refractivity contribution in [3.05, 3.63) is 58.7 Å². The molecule has 0 saturated heterocycles. The van der Waals surface area contributed by atoms with Crippen LogP contribution in [0.25, 0.3) is 5.57 Å². The van der Waals surface area contributed by atoms with E-state index in [1.54, 1.807) is 14.0 Å². The molecule has 0 amide bonds. The Hall–Kier alpha value is -2.66. The molecule has 1 aliphatic rings. The third kappa shape index (κ3) is 5.04. The highest BCUT2D eigenvalue weighted by Crippen LogP contribution is 2.40. The molecule has 0 spiro atoms. The van der Waals surface area contributed by atoms with Crippen LogP contribution in [0, 0.1) is 0 Å². The minimum absolute atomic E-state index is 0.0189. The number of carbonyl (C=O) groups excluding carboxylic acids is 1. The Labute approximate surface area is 172 Å². The monoisotopic (exact) mass is 398 g/mol. The van der Waals surface area contributed by atoms with Crippen molar-refractivity contribution in [3.63, 3.8) is 0 Å². The first-order chi connectivity index (χ1) is 13.6. The molecule has 0 saturated carbocycles. The van der Waals surface area contributed by atoms with Gasteiger partial charge < -0.3 is 14.6 Å². The predicted octanol–water partition coefficient (Wildman–Crippen LogP) is 4.97. The molecule has 1 aliphatic carbocycles. The number of carbonyl (C=O) groups is 2. The van der Waals surface area contributed by atoms with E-state index in [9.17, 15) is 14.7 Å². The fourth-order valence-corrected chi connectivity index (χ4v) is 3.27. The highest BCUT2D eigenvalue weighted by molar-refractivity contribution is 6.08. The van der Waals surface area contributed by atoms with Gasteiger partial charge in [-0.15, -0.1) is 0 Å². The van der Waals surface area contributed by atoms with Crippen LogP contribution in [0.1, 0.15) is 53.0 Å². The van der Waals surface area contributed by atoms with Gasteiger partial charge in [0.2, 0.25) is 0 Å². The molecule has 0 heterocycles. The van der Waals surface area contributed by atoms with E-state index in [2.05, 4.69) is 0 Å². The number of ether oxygens (including phenoxy) is 2. The topological polar surface area (TPSA) is 72.8 Å². The second-order valence-corrected chi connectivity index (χ2v) is 7.72. The molecule has 5 nitrogen and oxygen atoms in total. The van der Waals surface area contributed by atoms with Crippen molar-refractivity contribution < 1.29 is 24.2 Å². The van der Waals surface area contributed by atoms with Crippen molar-refractivity contribution in [1.29, 1.82) is 0 Å². The number of allylic oxidation sites excluding steroid dienone is 5. The number of benzene rings is 1. The summed E-state index contributed by atoms with van der Waals surface area (Å²) in [5, 5.41) is 9.97. The predicted molar refractivity (Wildman–Crippen MR) is 114 cm³/mol. The summed E-state index contributed by atoms with van der Waals surface area (Å²) in [4.78, 5) is 24.9. The van der Waals surface area contributed by atoms with E-state index in [4.69, 9.17) is 9.47 Å². The summed E-state index contributed by atoms with van der Waals surface area (Å²) in [7, 11) is 1.59. The summed E-state index contributed by atoms with van der Waals surface area (Å²) >= 11 is 0. The maximum Gasteiger partial charge on any atom is 0.337 e. The van der Waals surface area contributed by atoms with Crippen LogP contribution < -0.4 is 4.74 Å². The Morgan fingerprint density at radius 1 is 1.28 bits per heavy atom. The summed E-state index contributed by atoms with van der Waals surface area (Å²) < 4.78 is 11.3. The molecule has 0 radical (unpaired) electrons. The molecule has 29 heavy (non-hydrogen) atoms. The van der Waals surface area contributed by atoms with Gasteiger partial charge in [0.15, 0.2) is 11.9 Å². The minimum atomic E-state index is -1.21. The smallest absolute Gasteiger partial charge is 0.337 e. The van der Waals surface area contributed by atoms with Gasteiger partial charge >= 0.3 is 5.97 Å². The van der Waals surface area contributed by atoms with Crippen LogP contribution in [0.15, 0.2) is 53.1 Å². The van der Waals surface area contributed by atoms with E-state index in [0.29, 0.717) is 23.3 Å². The number of rotatable bonds is 8. The third-order valence-electron chi connectivity index (χ3n) is 5.30. The second kappa shape index (κ2) is 9.23. The van der Waals surface area contributed by atoms with Crippen LogP contribution in [0.5, 0.6) is 5.75 Å². The van der Waals surface area contributed by atoms with Crippen molar-refractivity contribution >= 4 is 17.3 Å². The van der Waals surface area contributed by atoms with Crippen LogP contribution in [0.3, 0.4) is 0 Å². The number of Topliss-reactive ketones (excluding diaryl/α,β-unsaturated/α-hetero) is 1. The number of methoxy groups -OCH3 is 1. The highest BCUT2D eigenvalue weighted by atomic mass is 16.5. The second-order valence-electron chi connectivity index (χ2n) is 7.72. The minimum Gasteiger partial charge on any atom is -0.497 e. The zero-order chi connectivity index (χ0) is 21.8. The lowest BCUT2D eigenvalue weighted by atomic mass is 9.79. The average molecular weight is 398 g/mol. The van der Waals surface area contributed by atoms with Crippen LogP contribution in [-0.2, 0) is 14.3 Å². The standard InChI is InChI=1S/C24H30O5/c1-7-9-18-15(3)20(25)14-19(22(23(26)27)29-24(4,5)8-2)21(18)16-10-12-17(28-6)13-11-16/h7,9-13,22H,8,14H2,1-6H3,(H,26,27)/b9-7-. The zero-order valence-corrected chi connectivity index (χ0v) is 18.0. The van der Waals surface area contributed by atoms with E-state index < -0.39 is 17.7 Å². The number of carboxylic acids is 1. The van der Waals surface area contributed by atoms with Crippen LogP contribution >= 0.6 is 0 Å². The molecule has 1 aromatic rings. The molecule has 2 rings (SSSR count). The van der Waals surface area contributed by atoms with E-state index >= 15 is 0 Å². The molecule has 156 valence electrons. The average Bonchev–Trinajstić information content (AvgIpc) is 2.69. The van der Waals surface area contributed by atoms with E-state index in [1.165, 1.54) is 0 Å². The van der Waals surface area contributed by atoms with Gasteiger partial charge in [0.25, 0.3) is 0 Å². The molecule has 0 bridgehead atoms. The van der Waals surface area contributed by atoms with Gasteiger partial charge in [-0.1, -0.05) is 31.2 Å². The summed E-state index contributed by atoms with van der Waals surface area (Å²) in [5.74, 6) is -0.483. The SMILES string of the molecule is C/C=C\C1=C(C)C(=O)CC(C(OC(C)(C)CC)C(=O)O)=C1c1ccc(OC)cc1. The number of ketones is 1. The van der Waals surface area contributed by atoms with Crippen LogP contribution in [0.4, 0.5) is 0 Å². The Morgan fingerprint density at radius 2 is 1.90 bits per heavy atom. The third-order valence-corrected chi connectivity index (χ3v) is 5.30. The molecule has 5 heteroatoms. The van der Waals surface area contributed by atoms with E-state index in [-0.39, 0.29) is 12.2 Å². The molecule has 1 aromatic carbocycles. The van der Waals surface area contributed by atoms with E-state index in [1.807, 2.05) is 64.1 Å². The van der Waals surface area contributed by atoms with Crippen molar-refractivity contribution in [2.24, 2.45) is 0 Å². The molecule has 1 atom stereocenters. The van der Waals surface area contributed by atoms with Gasteiger partial charge in [0.05, 0.1) is 12.7 Å². The van der Waals surface area contributed by atoms with Crippen molar-refractivity contribution in [2.45, 2.75) is 59.2 Å². The fourth-order valence-electron chi connectivity index (χ4n) is 3.27. The molecular weight excluding hydrogens is 368 g/mol. The Morgan fingerprint density at radius 3 is 2.38 bits per heavy atom. The first kappa shape index (κ1) is 22.6. The first-order valence-corrected chi connectivity index (χ1v) is 9.80. The van der Waals surface area contributed by atoms with Gasteiger partial charge in [0.1, 0.15) is 5.75 Å². The van der Waals surface area contributed by atoms with E-state index in [0.717, 1.165) is 16.7 Å². The largest absolute Gasteiger partial charge is 0.497 e. The highest BCUT2D eigenvalue weighted by Gasteiger charge is 2.36. The molecule has 0 fully saturated rings. The Kier molecular flexibility index (Phi) is 7.20. The lowest BCUT2D eigenvalue weighted by Gasteiger charge is -2.32. The Bertz CT molecular complexity index is 869. The molecule has 0 aliphatic heterocycles. The number of aliphatic carboxylic acids is 1. The number of carboxylic acid groups (broad SMARTS) is 1. The van der Waals surface area contributed by atoms with Crippen LogP contribution in [-0.4, -0.2) is 35.7 Å². The Balaban J connectivity index is 2.77. The number of hydrogen-bond acceptors (Lipinski definition) is 4. The zero-order valence-electron chi connectivity index (χ0n) is 18.0. The molecule has 1 unspecified atom stereocenters. The van der Waals surface area contributed by atoms with Gasteiger partial charge in [-0.05, 0) is 68.5 Å². The van der Waals surface area contributed by atoms with Gasteiger partial charge in [-0.2, -0.15) is 0 Å². The molecule has 0 aromatic heterocycles. The normalized spacial score (nSPS) is 16.6. The van der Waals surface area contributed by atoms with Crippen LogP contribution in [0.2, 0.25) is 0 Å². The van der Waals surface area contributed by atoms with Crippen molar-refractivity contribution in [1.82, 2.24) is 0 Å². The van der Waals surface area contributed by atoms with Gasteiger partial charge in [-0.25, -0.2) is 4.79 Å². The maximum atomic E-state index is 12.7.